The lowest BCUT2D eigenvalue weighted by molar-refractivity contribution is 0.0964. The van der Waals surface area contributed by atoms with Crippen molar-refractivity contribution in [2.45, 2.75) is 23.7 Å². The first-order chi connectivity index (χ1) is 20.8. The van der Waals surface area contributed by atoms with Crippen molar-refractivity contribution in [2.75, 3.05) is 62.8 Å². The Morgan fingerprint density at radius 3 is 2.74 bits per heavy atom. The van der Waals surface area contributed by atoms with Crippen LogP contribution in [0, 0.1) is 5.82 Å². The summed E-state index contributed by atoms with van der Waals surface area (Å²) in [6.45, 7) is 2.59. The lowest BCUT2D eigenvalue weighted by atomic mass is 9.89. The van der Waals surface area contributed by atoms with Crippen molar-refractivity contribution in [3.05, 3.63) is 65.6 Å². The lowest BCUT2D eigenvalue weighted by Crippen LogP contribution is -2.36. The molecular weight excluding hydrogens is 590 g/mol. The maximum Gasteiger partial charge on any atom is 0.255 e. The molecule has 2 aromatic carbocycles. The maximum atomic E-state index is 13.8. The Kier molecular flexibility index (Phi) is 8.34. The number of ether oxygens (including phenoxy) is 1. The number of furan rings is 1. The van der Waals surface area contributed by atoms with E-state index in [0.717, 1.165) is 36.5 Å². The van der Waals surface area contributed by atoms with Crippen LogP contribution in [0.3, 0.4) is 0 Å². The van der Waals surface area contributed by atoms with Gasteiger partial charge in [0, 0.05) is 69.8 Å². The molecule has 226 valence electrons. The number of carbonyl (C=O) groups is 1. The van der Waals surface area contributed by atoms with Crippen molar-refractivity contribution in [1.29, 1.82) is 0 Å². The molecule has 2 aromatic heterocycles. The molecule has 0 aliphatic carbocycles. The minimum absolute atomic E-state index is 0.0568. The number of hydrogen-bond acceptors (Lipinski definition) is 8. The van der Waals surface area contributed by atoms with E-state index in [2.05, 4.69) is 14.6 Å². The minimum atomic E-state index is -1.42. The summed E-state index contributed by atoms with van der Waals surface area (Å²) in [5.41, 5.74) is 3.61. The third-order valence-electron chi connectivity index (χ3n) is 8.12. The molecule has 2 atom stereocenters. The zero-order chi connectivity index (χ0) is 30.2. The summed E-state index contributed by atoms with van der Waals surface area (Å²) in [7, 11) is 4.13. The monoisotopic (exact) mass is 623 g/mol. The number of fused-ring (bicyclic) bond motifs is 2. The molecule has 4 heterocycles. The number of piperidine rings is 1. The number of pyridine rings is 1. The number of nitrogens with zero attached hydrogens (tertiary/aromatic N) is 4. The minimum Gasteiger partial charge on any atom is -0.488 e. The summed E-state index contributed by atoms with van der Waals surface area (Å²) in [5, 5.41) is 3.42. The molecule has 0 spiro atoms. The van der Waals surface area contributed by atoms with Crippen molar-refractivity contribution in [2.24, 2.45) is 0 Å². The van der Waals surface area contributed by atoms with Gasteiger partial charge in [-0.15, -0.1) is 0 Å². The first-order valence-corrected chi connectivity index (χ1v) is 16.4. The Morgan fingerprint density at radius 2 is 2.00 bits per heavy atom. The van der Waals surface area contributed by atoms with Gasteiger partial charge in [0.1, 0.15) is 34.8 Å². The van der Waals surface area contributed by atoms with E-state index < -0.39 is 11.0 Å². The third-order valence-corrected chi connectivity index (χ3v) is 10.3. The number of carbonyl (C=O) groups excluding carboxylic acids is 1. The fourth-order valence-electron chi connectivity index (χ4n) is 5.80. The summed E-state index contributed by atoms with van der Waals surface area (Å²) in [6.07, 6.45) is 5.45. The van der Waals surface area contributed by atoms with Crippen molar-refractivity contribution in [3.8, 4) is 17.1 Å². The van der Waals surface area contributed by atoms with Gasteiger partial charge in [0.2, 0.25) is 0 Å². The summed E-state index contributed by atoms with van der Waals surface area (Å²) >= 11 is 1.57. The number of aromatic nitrogens is 1. The maximum absolute atomic E-state index is 13.8. The Hall–Kier alpha value is -3.61. The van der Waals surface area contributed by atoms with Gasteiger partial charge in [-0.25, -0.2) is 17.9 Å². The highest BCUT2D eigenvalue weighted by atomic mass is 32.2. The van der Waals surface area contributed by atoms with Gasteiger partial charge in [-0.2, -0.15) is 0 Å². The number of benzene rings is 2. The van der Waals surface area contributed by atoms with Gasteiger partial charge in [0.15, 0.2) is 11.6 Å². The zero-order valence-corrected chi connectivity index (χ0v) is 26.2. The Balaban J connectivity index is 1.39. The summed E-state index contributed by atoms with van der Waals surface area (Å²) in [6, 6.07) is 11.8. The number of rotatable bonds is 7. The number of nitrogens with one attached hydrogen (secondary N) is 1. The second-order valence-corrected chi connectivity index (χ2v) is 13.1. The molecule has 1 amide bonds. The van der Waals surface area contributed by atoms with E-state index in [-0.39, 0.29) is 17.6 Å². The average molecular weight is 624 g/mol. The molecule has 4 aromatic rings. The second kappa shape index (κ2) is 12.2. The second-order valence-electron chi connectivity index (χ2n) is 10.7. The van der Waals surface area contributed by atoms with E-state index in [4.69, 9.17) is 9.15 Å². The van der Waals surface area contributed by atoms with Crippen LogP contribution in [0.2, 0.25) is 0 Å². The quantitative estimate of drug-likeness (QED) is 0.272. The predicted octanol–water partition coefficient (Wildman–Crippen LogP) is 5.44. The number of amides is 1. The third kappa shape index (κ3) is 5.59. The van der Waals surface area contributed by atoms with Crippen molar-refractivity contribution < 1.29 is 22.5 Å². The highest BCUT2D eigenvalue weighted by Crippen LogP contribution is 2.43. The fourth-order valence-corrected chi connectivity index (χ4v) is 7.42. The van der Waals surface area contributed by atoms with E-state index in [1.165, 1.54) is 12.1 Å². The van der Waals surface area contributed by atoms with Crippen LogP contribution in [-0.4, -0.2) is 73.0 Å². The molecule has 2 aliphatic heterocycles. The Labute approximate surface area is 257 Å². The fraction of sp³-hybridized carbons (Fsp3) is 0.355. The normalized spacial score (nSPS) is 17.8. The number of likely N-dealkylation sites (N-methyl/N-ethyl adjacent to an activating group) is 1. The van der Waals surface area contributed by atoms with E-state index in [9.17, 15) is 13.4 Å². The van der Waals surface area contributed by atoms with E-state index in [0.29, 0.717) is 58.2 Å². The predicted molar refractivity (Wildman–Crippen MR) is 170 cm³/mol. The lowest BCUT2D eigenvalue weighted by Gasteiger charge is -2.34. The molecule has 0 bridgehead atoms. The van der Waals surface area contributed by atoms with Crippen LogP contribution in [-0.2, 0) is 11.0 Å². The molecule has 6 rings (SSSR count). The summed E-state index contributed by atoms with van der Waals surface area (Å²) in [5.74, 6) is 1.21. The number of hydrogen-bond donors (Lipinski definition) is 1. The highest BCUT2D eigenvalue weighted by molar-refractivity contribution is 7.99. The molecule has 1 fully saturated rings. The molecule has 2 aliphatic rings. The largest absolute Gasteiger partial charge is 0.488 e. The highest BCUT2D eigenvalue weighted by Gasteiger charge is 2.31. The van der Waals surface area contributed by atoms with Gasteiger partial charge in [-0.3, -0.25) is 4.79 Å². The van der Waals surface area contributed by atoms with Crippen LogP contribution in [0.15, 0.2) is 58.0 Å². The molecule has 43 heavy (non-hydrogen) atoms. The van der Waals surface area contributed by atoms with Crippen LogP contribution in [0.1, 0.15) is 34.7 Å². The standard InChI is InChI=1S/C31H34FN5O4S2/c1-33-31(38)28-24-15-23(25(36(3)42-4)16-26(24)41-29(28)19-7-9-21(32)10-8-19)20-6-5-11-37(18-20)43(39)22-14-27-30(34-17-22)35(2)12-13-40-27/h7-10,14-17,20H,5-6,11-13,18H2,1-4H3,(H,33,38). The number of anilines is 2. The molecular formula is C31H34FN5O4S2. The van der Waals surface area contributed by atoms with Gasteiger partial charge in [0.05, 0.1) is 22.7 Å². The SMILES string of the molecule is CNC(=O)c1c(-c2ccc(F)cc2)oc2cc(N(C)SC)c(C3CCCN(S(=O)c4cnc5c(c4)OCCN5C)C3)cc12. The van der Waals surface area contributed by atoms with Crippen molar-refractivity contribution in [1.82, 2.24) is 14.6 Å². The molecule has 12 heteroatoms. The van der Waals surface area contributed by atoms with E-state index in [1.807, 2.05) is 47.8 Å². The van der Waals surface area contributed by atoms with E-state index in [1.54, 1.807) is 37.3 Å². The van der Waals surface area contributed by atoms with Crippen LogP contribution in [0.5, 0.6) is 5.75 Å². The van der Waals surface area contributed by atoms with Gasteiger partial charge >= 0.3 is 0 Å². The average Bonchev–Trinajstić information content (AvgIpc) is 3.42. The van der Waals surface area contributed by atoms with Gasteiger partial charge in [-0.1, -0.05) is 11.9 Å². The van der Waals surface area contributed by atoms with Crippen LogP contribution >= 0.6 is 11.9 Å². The topological polar surface area (TPSA) is 91.2 Å². The zero-order valence-electron chi connectivity index (χ0n) is 24.6. The van der Waals surface area contributed by atoms with Gasteiger partial charge in [-0.05, 0) is 54.7 Å². The first-order valence-electron chi connectivity index (χ1n) is 14.2. The Morgan fingerprint density at radius 1 is 1.21 bits per heavy atom. The molecule has 1 N–H and O–H groups in total. The first kappa shape index (κ1) is 29.5. The van der Waals surface area contributed by atoms with Crippen LogP contribution < -0.4 is 19.3 Å². The summed E-state index contributed by atoms with van der Waals surface area (Å²) < 4.78 is 43.7. The van der Waals surface area contributed by atoms with Crippen molar-refractivity contribution >= 4 is 51.3 Å². The Bertz CT molecular complexity index is 1700. The smallest absolute Gasteiger partial charge is 0.255 e. The van der Waals surface area contributed by atoms with Crippen LogP contribution in [0.25, 0.3) is 22.3 Å². The van der Waals surface area contributed by atoms with Crippen LogP contribution in [0.4, 0.5) is 15.9 Å². The molecule has 0 radical (unpaired) electrons. The molecule has 1 saturated heterocycles. The van der Waals surface area contributed by atoms with Gasteiger partial charge < -0.3 is 23.7 Å². The molecule has 2 unspecified atom stereocenters. The number of halogens is 1. The molecule has 0 saturated carbocycles. The summed E-state index contributed by atoms with van der Waals surface area (Å²) in [4.78, 5) is 20.4. The van der Waals surface area contributed by atoms with E-state index >= 15 is 0 Å². The van der Waals surface area contributed by atoms with Crippen molar-refractivity contribution in [3.63, 3.8) is 0 Å². The van der Waals surface area contributed by atoms with Gasteiger partial charge in [0.25, 0.3) is 5.91 Å². The molecule has 9 nitrogen and oxygen atoms in total.